The zero-order valence-electron chi connectivity index (χ0n) is 10.6. The van der Waals surface area contributed by atoms with E-state index >= 15 is 0 Å². The maximum absolute atomic E-state index is 5.53. The van der Waals surface area contributed by atoms with Crippen molar-refractivity contribution in [2.24, 2.45) is 5.84 Å². The SMILES string of the molecule is CCCn1ccnc1C(COCCOC)NN. The first-order chi connectivity index (χ1) is 8.33. The van der Waals surface area contributed by atoms with E-state index in [1.54, 1.807) is 13.3 Å². The molecule has 0 saturated carbocycles. The lowest BCUT2D eigenvalue weighted by Crippen LogP contribution is -2.33. The Balaban J connectivity index is 2.50. The largest absolute Gasteiger partial charge is 0.382 e. The monoisotopic (exact) mass is 242 g/mol. The first kappa shape index (κ1) is 14.1. The highest BCUT2D eigenvalue weighted by molar-refractivity contribution is 4.99. The van der Waals surface area contributed by atoms with Gasteiger partial charge in [-0.3, -0.25) is 5.84 Å². The predicted octanol–water partition coefficient (Wildman–Crippen LogP) is 0.461. The van der Waals surface area contributed by atoms with Crippen molar-refractivity contribution in [3.63, 3.8) is 0 Å². The number of imidazole rings is 1. The van der Waals surface area contributed by atoms with Gasteiger partial charge in [-0.05, 0) is 6.42 Å². The molecule has 0 amide bonds. The van der Waals surface area contributed by atoms with Gasteiger partial charge in [-0.1, -0.05) is 6.92 Å². The lowest BCUT2D eigenvalue weighted by molar-refractivity contribution is 0.0569. The summed E-state index contributed by atoms with van der Waals surface area (Å²) in [5, 5.41) is 0. The molecule has 98 valence electrons. The fraction of sp³-hybridized carbons (Fsp3) is 0.727. The molecule has 6 heteroatoms. The van der Waals surface area contributed by atoms with Gasteiger partial charge in [0.15, 0.2) is 0 Å². The molecule has 1 unspecified atom stereocenters. The normalized spacial score (nSPS) is 12.9. The number of methoxy groups -OCH3 is 1. The number of hydrazine groups is 1. The van der Waals surface area contributed by atoms with Gasteiger partial charge in [-0.2, -0.15) is 0 Å². The van der Waals surface area contributed by atoms with E-state index in [2.05, 4.69) is 21.9 Å². The first-order valence-electron chi connectivity index (χ1n) is 5.87. The fourth-order valence-electron chi connectivity index (χ4n) is 1.60. The Morgan fingerprint density at radius 1 is 1.53 bits per heavy atom. The van der Waals surface area contributed by atoms with Gasteiger partial charge < -0.3 is 14.0 Å². The molecule has 3 N–H and O–H groups in total. The van der Waals surface area contributed by atoms with Gasteiger partial charge in [0.25, 0.3) is 0 Å². The standard InChI is InChI=1S/C11H22N4O2/c1-3-5-15-6-4-13-11(15)10(14-12)9-17-8-7-16-2/h4,6,10,14H,3,5,7-9,12H2,1-2H3. The van der Waals surface area contributed by atoms with Gasteiger partial charge in [0.1, 0.15) is 11.9 Å². The van der Waals surface area contributed by atoms with Crippen molar-refractivity contribution in [1.82, 2.24) is 15.0 Å². The van der Waals surface area contributed by atoms with E-state index < -0.39 is 0 Å². The topological polar surface area (TPSA) is 74.3 Å². The second-order valence-electron chi connectivity index (χ2n) is 3.77. The average Bonchev–Trinajstić information content (AvgIpc) is 2.78. The molecule has 1 aromatic rings. The number of hydrogen-bond donors (Lipinski definition) is 2. The maximum Gasteiger partial charge on any atom is 0.129 e. The summed E-state index contributed by atoms with van der Waals surface area (Å²) < 4.78 is 12.5. The zero-order valence-corrected chi connectivity index (χ0v) is 10.6. The molecule has 1 rings (SSSR count). The van der Waals surface area contributed by atoms with Gasteiger partial charge in [0, 0.05) is 26.0 Å². The summed E-state index contributed by atoms with van der Waals surface area (Å²) in [6.07, 6.45) is 4.80. The predicted molar refractivity (Wildman–Crippen MR) is 65.3 cm³/mol. The number of rotatable bonds is 9. The van der Waals surface area contributed by atoms with Crippen LogP contribution in [0.4, 0.5) is 0 Å². The fourth-order valence-corrected chi connectivity index (χ4v) is 1.60. The lowest BCUT2D eigenvalue weighted by atomic mass is 10.3. The van der Waals surface area contributed by atoms with E-state index in [0.29, 0.717) is 19.8 Å². The van der Waals surface area contributed by atoms with E-state index in [1.807, 2.05) is 6.20 Å². The molecule has 0 aliphatic carbocycles. The van der Waals surface area contributed by atoms with Crippen molar-refractivity contribution >= 4 is 0 Å². The summed E-state index contributed by atoms with van der Waals surface area (Å²) in [5.74, 6) is 6.44. The van der Waals surface area contributed by atoms with Gasteiger partial charge in [-0.25, -0.2) is 10.4 Å². The molecule has 17 heavy (non-hydrogen) atoms. The van der Waals surface area contributed by atoms with Gasteiger partial charge in [0.2, 0.25) is 0 Å². The zero-order chi connectivity index (χ0) is 12.5. The van der Waals surface area contributed by atoms with Crippen LogP contribution in [-0.4, -0.2) is 36.5 Å². The molecule has 1 aromatic heterocycles. The molecular formula is C11H22N4O2. The molecule has 0 aliphatic heterocycles. The van der Waals surface area contributed by atoms with Crippen LogP contribution in [0.15, 0.2) is 12.4 Å². The Morgan fingerprint density at radius 3 is 3.00 bits per heavy atom. The second-order valence-corrected chi connectivity index (χ2v) is 3.77. The van der Waals surface area contributed by atoms with Gasteiger partial charge >= 0.3 is 0 Å². The highest BCUT2D eigenvalue weighted by Crippen LogP contribution is 2.11. The van der Waals surface area contributed by atoms with Crippen molar-refractivity contribution in [3.05, 3.63) is 18.2 Å². The van der Waals surface area contributed by atoms with Crippen LogP contribution in [0.25, 0.3) is 0 Å². The van der Waals surface area contributed by atoms with Crippen molar-refractivity contribution in [2.75, 3.05) is 26.9 Å². The Morgan fingerprint density at radius 2 is 2.35 bits per heavy atom. The summed E-state index contributed by atoms with van der Waals surface area (Å²) in [5.41, 5.74) is 2.73. The molecular weight excluding hydrogens is 220 g/mol. The Labute approximate surface area is 102 Å². The van der Waals surface area contributed by atoms with Crippen molar-refractivity contribution in [3.8, 4) is 0 Å². The number of aromatic nitrogens is 2. The number of aryl methyl sites for hydroxylation is 1. The summed E-state index contributed by atoms with van der Waals surface area (Å²) in [6, 6.07) is -0.0894. The summed E-state index contributed by atoms with van der Waals surface area (Å²) in [6.45, 7) is 4.69. The van der Waals surface area contributed by atoms with Crippen LogP contribution >= 0.6 is 0 Å². The molecule has 0 aliphatic rings. The molecule has 0 aromatic carbocycles. The number of nitrogens with one attached hydrogen (secondary N) is 1. The maximum atomic E-state index is 5.53. The molecule has 0 saturated heterocycles. The minimum absolute atomic E-state index is 0.0894. The minimum Gasteiger partial charge on any atom is -0.382 e. The van der Waals surface area contributed by atoms with E-state index in [4.69, 9.17) is 15.3 Å². The van der Waals surface area contributed by atoms with Crippen LogP contribution in [0.3, 0.4) is 0 Å². The molecule has 0 spiro atoms. The van der Waals surface area contributed by atoms with Crippen LogP contribution < -0.4 is 11.3 Å². The highest BCUT2D eigenvalue weighted by atomic mass is 16.5. The van der Waals surface area contributed by atoms with E-state index in [1.165, 1.54) is 0 Å². The molecule has 6 nitrogen and oxygen atoms in total. The summed E-state index contributed by atoms with van der Waals surface area (Å²) in [4.78, 5) is 4.31. The molecule has 0 radical (unpaired) electrons. The summed E-state index contributed by atoms with van der Waals surface area (Å²) >= 11 is 0. The highest BCUT2D eigenvalue weighted by Gasteiger charge is 2.15. The van der Waals surface area contributed by atoms with E-state index in [-0.39, 0.29) is 6.04 Å². The average molecular weight is 242 g/mol. The quantitative estimate of drug-likeness (QED) is 0.374. The van der Waals surface area contributed by atoms with Crippen molar-refractivity contribution < 1.29 is 9.47 Å². The van der Waals surface area contributed by atoms with Gasteiger partial charge in [-0.15, -0.1) is 0 Å². The molecule has 1 atom stereocenters. The van der Waals surface area contributed by atoms with Crippen LogP contribution in [0.1, 0.15) is 25.2 Å². The molecule has 1 heterocycles. The van der Waals surface area contributed by atoms with Gasteiger partial charge in [0.05, 0.1) is 19.8 Å². The Kier molecular flexibility index (Phi) is 6.80. The number of hydrogen-bond acceptors (Lipinski definition) is 5. The molecule has 0 fully saturated rings. The number of nitrogens with zero attached hydrogens (tertiary/aromatic N) is 2. The lowest BCUT2D eigenvalue weighted by Gasteiger charge is -2.17. The van der Waals surface area contributed by atoms with Crippen molar-refractivity contribution in [1.29, 1.82) is 0 Å². The third-order valence-corrected chi connectivity index (χ3v) is 2.44. The first-order valence-corrected chi connectivity index (χ1v) is 5.87. The molecule has 0 bridgehead atoms. The third kappa shape index (κ3) is 4.43. The van der Waals surface area contributed by atoms with E-state index in [9.17, 15) is 0 Å². The van der Waals surface area contributed by atoms with Crippen LogP contribution in [0.2, 0.25) is 0 Å². The second kappa shape index (κ2) is 8.19. The van der Waals surface area contributed by atoms with Crippen LogP contribution in [0, 0.1) is 0 Å². The minimum atomic E-state index is -0.0894. The Bertz CT molecular complexity index is 303. The number of ether oxygens (including phenoxy) is 2. The smallest absolute Gasteiger partial charge is 0.129 e. The van der Waals surface area contributed by atoms with Crippen molar-refractivity contribution in [2.45, 2.75) is 25.9 Å². The Hall–Kier alpha value is -0.950. The summed E-state index contributed by atoms with van der Waals surface area (Å²) in [7, 11) is 1.65. The van der Waals surface area contributed by atoms with E-state index in [0.717, 1.165) is 18.8 Å². The third-order valence-electron chi connectivity index (χ3n) is 2.44. The van der Waals surface area contributed by atoms with Crippen LogP contribution in [-0.2, 0) is 16.0 Å². The van der Waals surface area contributed by atoms with Crippen LogP contribution in [0.5, 0.6) is 0 Å². The number of nitrogens with two attached hydrogens (primary N) is 1.